The molecule has 4 nitrogen and oxygen atoms in total. The highest BCUT2D eigenvalue weighted by Crippen LogP contribution is 2.38. The standard InChI is InChI=1S/C19H17F3N2O2/c1-11-8-16(11)18(26)24-14-6-2-4-12(9-14)17(25)23-15-7-3-5-13(10-15)19(20,21)22/h2-7,9-11,16H,8H2,1H3,(H,23,25)(H,24,26)/t11-,16-/m0/s1. The van der Waals surface area contributed by atoms with E-state index < -0.39 is 17.6 Å². The Labute approximate surface area is 148 Å². The average molecular weight is 362 g/mol. The highest BCUT2D eigenvalue weighted by atomic mass is 19.4. The molecule has 3 rings (SSSR count). The Kier molecular flexibility index (Phi) is 4.71. The van der Waals surface area contributed by atoms with Crippen LogP contribution in [0.1, 0.15) is 29.3 Å². The van der Waals surface area contributed by atoms with Crippen molar-refractivity contribution in [2.45, 2.75) is 19.5 Å². The fourth-order valence-corrected chi connectivity index (χ4v) is 2.64. The van der Waals surface area contributed by atoms with Crippen LogP contribution in [0.4, 0.5) is 24.5 Å². The molecular weight excluding hydrogens is 345 g/mol. The largest absolute Gasteiger partial charge is 0.416 e. The summed E-state index contributed by atoms with van der Waals surface area (Å²) < 4.78 is 38.2. The molecule has 0 aromatic heterocycles. The van der Waals surface area contributed by atoms with E-state index >= 15 is 0 Å². The lowest BCUT2D eigenvalue weighted by Crippen LogP contribution is -2.16. The fourth-order valence-electron chi connectivity index (χ4n) is 2.64. The minimum atomic E-state index is -4.48. The molecule has 1 aliphatic carbocycles. The van der Waals surface area contributed by atoms with Gasteiger partial charge in [-0.2, -0.15) is 13.2 Å². The lowest BCUT2D eigenvalue weighted by molar-refractivity contribution is -0.137. The van der Waals surface area contributed by atoms with E-state index in [2.05, 4.69) is 10.6 Å². The zero-order chi connectivity index (χ0) is 18.9. The zero-order valence-electron chi connectivity index (χ0n) is 13.9. The summed E-state index contributed by atoms with van der Waals surface area (Å²) >= 11 is 0. The van der Waals surface area contributed by atoms with Crippen molar-refractivity contribution in [3.8, 4) is 0 Å². The van der Waals surface area contributed by atoms with Gasteiger partial charge in [-0.3, -0.25) is 9.59 Å². The average Bonchev–Trinajstić information content (AvgIpc) is 3.31. The van der Waals surface area contributed by atoms with Gasteiger partial charge >= 0.3 is 6.18 Å². The van der Waals surface area contributed by atoms with E-state index in [1.54, 1.807) is 12.1 Å². The van der Waals surface area contributed by atoms with Gasteiger partial charge in [-0.15, -0.1) is 0 Å². The number of amides is 2. The fraction of sp³-hybridized carbons (Fsp3) is 0.263. The zero-order valence-corrected chi connectivity index (χ0v) is 13.9. The van der Waals surface area contributed by atoms with E-state index in [1.165, 1.54) is 24.3 Å². The van der Waals surface area contributed by atoms with Gasteiger partial charge in [-0.25, -0.2) is 0 Å². The number of hydrogen-bond acceptors (Lipinski definition) is 2. The van der Waals surface area contributed by atoms with Crippen LogP contribution in [0.25, 0.3) is 0 Å². The number of rotatable bonds is 4. The van der Waals surface area contributed by atoms with Crippen molar-refractivity contribution in [2.24, 2.45) is 11.8 Å². The van der Waals surface area contributed by atoms with E-state index in [0.717, 1.165) is 18.6 Å². The maximum Gasteiger partial charge on any atom is 0.416 e. The van der Waals surface area contributed by atoms with Gasteiger partial charge in [-0.1, -0.05) is 19.1 Å². The first-order chi connectivity index (χ1) is 12.2. The van der Waals surface area contributed by atoms with Gasteiger partial charge in [0.1, 0.15) is 0 Å². The van der Waals surface area contributed by atoms with Crippen LogP contribution in [0.3, 0.4) is 0 Å². The highest BCUT2D eigenvalue weighted by molar-refractivity contribution is 6.05. The molecule has 1 saturated carbocycles. The van der Waals surface area contributed by atoms with Crippen molar-refractivity contribution >= 4 is 23.2 Å². The number of carbonyl (C=O) groups excluding carboxylic acids is 2. The van der Waals surface area contributed by atoms with E-state index in [0.29, 0.717) is 11.6 Å². The molecule has 1 fully saturated rings. The minimum absolute atomic E-state index is 0.00223. The quantitative estimate of drug-likeness (QED) is 0.838. The van der Waals surface area contributed by atoms with Crippen LogP contribution in [0, 0.1) is 11.8 Å². The van der Waals surface area contributed by atoms with Crippen LogP contribution in [-0.4, -0.2) is 11.8 Å². The molecule has 136 valence electrons. The summed E-state index contributed by atoms with van der Waals surface area (Å²) in [5.74, 6) is -0.284. The second-order valence-corrected chi connectivity index (χ2v) is 6.42. The molecule has 2 N–H and O–H groups in total. The first kappa shape index (κ1) is 18.0. The lowest BCUT2D eigenvalue weighted by Gasteiger charge is -2.11. The third-order valence-corrected chi connectivity index (χ3v) is 4.29. The van der Waals surface area contributed by atoms with E-state index in [9.17, 15) is 22.8 Å². The molecule has 0 heterocycles. The first-order valence-corrected chi connectivity index (χ1v) is 8.13. The summed E-state index contributed by atoms with van der Waals surface area (Å²) in [4.78, 5) is 24.3. The molecule has 7 heteroatoms. The molecule has 0 radical (unpaired) electrons. The molecule has 0 saturated heterocycles. The van der Waals surface area contributed by atoms with Crippen molar-refractivity contribution in [3.63, 3.8) is 0 Å². The van der Waals surface area contributed by atoms with Gasteiger partial charge in [0.05, 0.1) is 5.56 Å². The van der Waals surface area contributed by atoms with Crippen LogP contribution < -0.4 is 10.6 Å². The van der Waals surface area contributed by atoms with Crippen molar-refractivity contribution in [3.05, 3.63) is 59.7 Å². The number of carbonyl (C=O) groups is 2. The summed E-state index contributed by atoms with van der Waals surface area (Å²) in [5, 5.41) is 5.20. The van der Waals surface area contributed by atoms with Gasteiger partial charge in [0, 0.05) is 22.9 Å². The summed E-state index contributed by atoms with van der Waals surface area (Å²) in [6.45, 7) is 1.99. The SMILES string of the molecule is C[C@H]1C[C@@H]1C(=O)Nc1cccc(C(=O)Nc2cccc(C(F)(F)F)c2)c1. The molecule has 2 atom stereocenters. The summed E-state index contributed by atoms with van der Waals surface area (Å²) in [5.41, 5.74) is -0.0733. The molecular formula is C19H17F3N2O2. The smallest absolute Gasteiger partial charge is 0.326 e. The third-order valence-electron chi connectivity index (χ3n) is 4.29. The normalized spacial score (nSPS) is 18.9. The number of anilines is 2. The molecule has 0 aliphatic heterocycles. The number of nitrogens with one attached hydrogen (secondary N) is 2. The van der Waals surface area contributed by atoms with Crippen LogP contribution in [0.2, 0.25) is 0 Å². The highest BCUT2D eigenvalue weighted by Gasteiger charge is 2.39. The molecule has 1 aliphatic rings. The van der Waals surface area contributed by atoms with Crippen molar-refractivity contribution in [1.82, 2.24) is 0 Å². The predicted octanol–water partition coefficient (Wildman–Crippen LogP) is 4.55. The molecule has 26 heavy (non-hydrogen) atoms. The number of halogens is 3. The molecule has 0 bridgehead atoms. The maximum atomic E-state index is 12.7. The lowest BCUT2D eigenvalue weighted by atomic mass is 10.1. The number of hydrogen-bond donors (Lipinski definition) is 2. The Balaban J connectivity index is 1.70. The van der Waals surface area contributed by atoms with Crippen LogP contribution in [-0.2, 0) is 11.0 Å². The van der Waals surface area contributed by atoms with Gasteiger partial charge < -0.3 is 10.6 Å². The van der Waals surface area contributed by atoms with Gasteiger partial charge in [0.25, 0.3) is 5.91 Å². The number of benzene rings is 2. The van der Waals surface area contributed by atoms with Crippen molar-refractivity contribution < 1.29 is 22.8 Å². The Morgan fingerprint density at radius 3 is 2.23 bits per heavy atom. The van der Waals surface area contributed by atoms with Crippen LogP contribution in [0.5, 0.6) is 0 Å². The van der Waals surface area contributed by atoms with Gasteiger partial charge in [-0.05, 0) is 48.7 Å². The first-order valence-electron chi connectivity index (χ1n) is 8.13. The molecule has 0 spiro atoms. The van der Waals surface area contributed by atoms with Gasteiger partial charge in [0.2, 0.25) is 5.91 Å². The Bertz CT molecular complexity index is 849. The Morgan fingerprint density at radius 2 is 1.62 bits per heavy atom. The summed E-state index contributed by atoms with van der Waals surface area (Å²) in [6.07, 6.45) is -3.63. The van der Waals surface area contributed by atoms with E-state index in [4.69, 9.17) is 0 Å². The van der Waals surface area contributed by atoms with Crippen LogP contribution >= 0.6 is 0 Å². The van der Waals surface area contributed by atoms with E-state index in [-0.39, 0.29) is 23.1 Å². The topological polar surface area (TPSA) is 58.2 Å². The summed E-state index contributed by atoms with van der Waals surface area (Å²) in [6, 6.07) is 10.7. The summed E-state index contributed by atoms with van der Waals surface area (Å²) in [7, 11) is 0. The van der Waals surface area contributed by atoms with E-state index in [1.807, 2.05) is 6.92 Å². The van der Waals surface area contributed by atoms with Gasteiger partial charge in [0.15, 0.2) is 0 Å². The van der Waals surface area contributed by atoms with Crippen molar-refractivity contribution in [1.29, 1.82) is 0 Å². The molecule has 0 unspecified atom stereocenters. The number of alkyl halides is 3. The second kappa shape index (κ2) is 6.82. The predicted molar refractivity (Wildman–Crippen MR) is 91.7 cm³/mol. The minimum Gasteiger partial charge on any atom is -0.326 e. The van der Waals surface area contributed by atoms with Crippen molar-refractivity contribution in [2.75, 3.05) is 10.6 Å². The third kappa shape index (κ3) is 4.22. The molecule has 2 amide bonds. The monoisotopic (exact) mass is 362 g/mol. The van der Waals surface area contributed by atoms with Crippen LogP contribution in [0.15, 0.2) is 48.5 Å². The Hall–Kier alpha value is -2.83. The molecule has 2 aromatic carbocycles. The molecule has 2 aromatic rings. The second-order valence-electron chi connectivity index (χ2n) is 6.42. The maximum absolute atomic E-state index is 12.7. The Morgan fingerprint density at radius 1 is 1.00 bits per heavy atom.